The second-order valence-corrected chi connectivity index (χ2v) is 6.08. The predicted octanol–water partition coefficient (Wildman–Crippen LogP) is 3.23. The fourth-order valence-electron chi connectivity index (χ4n) is 2.93. The van der Waals surface area contributed by atoms with E-state index < -0.39 is 12.0 Å². The molecule has 0 unspecified atom stereocenters. The summed E-state index contributed by atoms with van der Waals surface area (Å²) in [6.45, 7) is 0. The third kappa shape index (κ3) is 4.13. The van der Waals surface area contributed by atoms with Gasteiger partial charge < -0.3 is 10.1 Å². The molecule has 0 aliphatic heterocycles. The quantitative estimate of drug-likeness (QED) is 0.710. The number of benzene rings is 3. The van der Waals surface area contributed by atoms with Crippen molar-refractivity contribution in [2.24, 2.45) is 0 Å². The van der Waals surface area contributed by atoms with Crippen molar-refractivity contribution in [2.45, 2.75) is 12.5 Å². The molecule has 0 aliphatic rings. The lowest BCUT2D eigenvalue weighted by atomic mass is 10.0. The van der Waals surface area contributed by atoms with E-state index in [9.17, 15) is 14.9 Å². The van der Waals surface area contributed by atoms with Crippen LogP contribution in [0, 0.1) is 11.3 Å². The molecule has 27 heavy (non-hydrogen) atoms. The first-order chi connectivity index (χ1) is 13.1. The van der Waals surface area contributed by atoms with Crippen LogP contribution < -0.4 is 5.32 Å². The molecule has 0 bridgehead atoms. The Morgan fingerprint density at radius 2 is 1.74 bits per heavy atom. The number of nitrogens with zero attached hydrogens (tertiary/aromatic N) is 1. The Morgan fingerprint density at radius 1 is 1.04 bits per heavy atom. The van der Waals surface area contributed by atoms with Crippen LogP contribution in [0.3, 0.4) is 0 Å². The van der Waals surface area contributed by atoms with Crippen molar-refractivity contribution in [2.75, 3.05) is 7.11 Å². The van der Waals surface area contributed by atoms with Crippen LogP contribution >= 0.6 is 0 Å². The molecule has 1 atom stereocenters. The number of hydrogen-bond donors (Lipinski definition) is 1. The van der Waals surface area contributed by atoms with Crippen molar-refractivity contribution >= 4 is 22.6 Å². The zero-order chi connectivity index (χ0) is 19.2. The summed E-state index contributed by atoms with van der Waals surface area (Å²) >= 11 is 0. The average Bonchev–Trinajstić information content (AvgIpc) is 2.72. The van der Waals surface area contributed by atoms with E-state index in [0.29, 0.717) is 16.7 Å². The Kier molecular flexibility index (Phi) is 5.48. The van der Waals surface area contributed by atoms with Gasteiger partial charge in [0.1, 0.15) is 6.04 Å². The highest BCUT2D eigenvalue weighted by Crippen LogP contribution is 2.16. The van der Waals surface area contributed by atoms with Gasteiger partial charge in [0.05, 0.1) is 18.7 Å². The number of carbonyl (C=O) groups excluding carboxylic acids is 2. The molecular formula is C22H18N2O3. The molecule has 0 aliphatic carbocycles. The van der Waals surface area contributed by atoms with Gasteiger partial charge in [-0.15, -0.1) is 0 Å². The molecule has 0 radical (unpaired) electrons. The maximum atomic E-state index is 12.7. The number of nitrogens with one attached hydrogen (secondary N) is 1. The van der Waals surface area contributed by atoms with Crippen LogP contribution in [0.4, 0.5) is 0 Å². The maximum absolute atomic E-state index is 12.7. The van der Waals surface area contributed by atoms with Crippen LogP contribution in [0.1, 0.15) is 21.5 Å². The Balaban J connectivity index is 1.84. The van der Waals surface area contributed by atoms with Crippen LogP contribution in [0.25, 0.3) is 10.8 Å². The first-order valence-corrected chi connectivity index (χ1v) is 8.48. The van der Waals surface area contributed by atoms with Gasteiger partial charge in [0.2, 0.25) is 0 Å². The summed E-state index contributed by atoms with van der Waals surface area (Å²) in [4.78, 5) is 24.9. The number of amides is 1. The highest BCUT2D eigenvalue weighted by Gasteiger charge is 2.23. The van der Waals surface area contributed by atoms with E-state index in [1.165, 1.54) is 7.11 Å². The molecule has 1 amide bonds. The number of ether oxygens (including phenoxy) is 1. The largest absolute Gasteiger partial charge is 0.467 e. The topological polar surface area (TPSA) is 79.2 Å². The smallest absolute Gasteiger partial charge is 0.328 e. The number of carbonyl (C=O) groups is 2. The number of nitriles is 1. The minimum atomic E-state index is -0.886. The third-order valence-electron chi connectivity index (χ3n) is 4.36. The van der Waals surface area contributed by atoms with E-state index in [0.717, 1.165) is 10.8 Å². The van der Waals surface area contributed by atoms with Crippen molar-refractivity contribution in [3.63, 3.8) is 0 Å². The Morgan fingerprint density at radius 3 is 2.48 bits per heavy atom. The molecular weight excluding hydrogens is 340 g/mol. The molecule has 3 rings (SSSR count). The summed E-state index contributed by atoms with van der Waals surface area (Å²) in [7, 11) is 1.27. The van der Waals surface area contributed by atoms with Crippen LogP contribution in [0.5, 0.6) is 0 Å². The van der Waals surface area contributed by atoms with Crippen LogP contribution in [-0.2, 0) is 16.0 Å². The molecule has 0 aromatic heterocycles. The number of fused-ring (bicyclic) bond motifs is 1. The molecule has 5 heteroatoms. The predicted molar refractivity (Wildman–Crippen MR) is 102 cm³/mol. The lowest BCUT2D eigenvalue weighted by Crippen LogP contribution is -2.43. The van der Waals surface area contributed by atoms with E-state index in [1.54, 1.807) is 36.4 Å². The molecule has 0 saturated heterocycles. The van der Waals surface area contributed by atoms with Gasteiger partial charge in [0.25, 0.3) is 5.91 Å². The lowest BCUT2D eigenvalue weighted by Gasteiger charge is -2.17. The first kappa shape index (κ1) is 18.2. The minimum absolute atomic E-state index is 0.176. The molecule has 1 N–H and O–H groups in total. The molecule has 3 aromatic carbocycles. The van der Waals surface area contributed by atoms with E-state index in [2.05, 4.69) is 11.4 Å². The summed E-state index contributed by atoms with van der Waals surface area (Å²) in [6, 6.07) is 21.3. The van der Waals surface area contributed by atoms with E-state index in [4.69, 9.17) is 4.74 Å². The summed E-state index contributed by atoms with van der Waals surface area (Å²) in [5.41, 5.74) is 1.59. The van der Waals surface area contributed by atoms with Gasteiger partial charge in [0, 0.05) is 12.0 Å². The lowest BCUT2D eigenvalue weighted by molar-refractivity contribution is -0.142. The summed E-state index contributed by atoms with van der Waals surface area (Å²) in [6.07, 6.45) is 0.176. The molecule has 5 nitrogen and oxygen atoms in total. The minimum Gasteiger partial charge on any atom is -0.467 e. The zero-order valence-electron chi connectivity index (χ0n) is 14.8. The number of rotatable bonds is 5. The Labute approximate surface area is 157 Å². The van der Waals surface area contributed by atoms with Crippen molar-refractivity contribution in [3.05, 3.63) is 83.4 Å². The van der Waals surface area contributed by atoms with Crippen LogP contribution in [-0.4, -0.2) is 25.0 Å². The van der Waals surface area contributed by atoms with Gasteiger partial charge >= 0.3 is 5.97 Å². The van der Waals surface area contributed by atoms with Crippen LogP contribution in [0.2, 0.25) is 0 Å². The SMILES string of the molecule is COC(=O)[C@H](Cc1ccccc1C#N)NC(=O)c1ccc2ccccc2c1. The van der Waals surface area contributed by atoms with Gasteiger partial charge in [-0.2, -0.15) is 5.26 Å². The number of esters is 1. The molecule has 0 spiro atoms. The first-order valence-electron chi connectivity index (χ1n) is 8.48. The molecule has 0 heterocycles. The zero-order valence-corrected chi connectivity index (χ0v) is 14.8. The average molecular weight is 358 g/mol. The Bertz CT molecular complexity index is 1040. The fraction of sp³-hybridized carbons (Fsp3) is 0.136. The molecule has 0 saturated carbocycles. The van der Waals surface area contributed by atoms with Gasteiger partial charge in [0.15, 0.2) is 0 Å². The van der Waals surface area contributed by atoms with Crippen molar-refractivity contribution in [1.82, 2.24) is 5.32 Å². The van der Waals surface area contributed by atoms with E-state index in [1.807, 2.05) is 30.3 Å². The summed E-state index contributed by atoms with van der Waals surface area (Å²) in [5, 5.41) is 13.9. The summed E-state index contributed by atoms with van der Waals surface area (Å²) in [5.74, 6) is -0.928. The van der Waals surface area contributed by atoms with E-state index >= 15 is 0 Å². The highest BCUT2D eigenvalue weighted by atomic mass is 16.5. The normalized spacial score (nSPS) is 11.4. The monoisotopic (exact) mass is 358 g/mol. The third-order valence-corrected chi connectivity index (χ3v) is 4.36. The molecule has 134 valence electrons. The maximum Gasteiger partial charge on any atom is 0.328 e. The standard InChI is InChI=1S/C22H18N2O3/c1-27-22(26)20(13-17-8-4-5-9-19(17)14-23)24-21(25)18-11-10-15-6-2-3-7-16(15)12-18/h2-12,20H,13H2,1H3,(H,24,25)/t20-/m0/s1. The molecule has 0 fully saturated rings. The van der Waals surface area contributed by atoms with E-state index in [-0.39, 0.29) is 12.3 Å². The summed E-state index contributed by atoms with van der Waals surface area (Å²) < 4.78 is 4.83. The van der Waals surface area contributed by atoms with Crippen molar-refractivity contribution in [3.8, 4) is 6.07 Å². The van der Waals surface area contributed by atoms with Gasteiger partial charge in [-0.05, 0) is 34.5 Å². The van der Waals surface area contributed by atoms with Crippen molar-refractivity contribution < 1.29 is 14.3 Å². The number of methoxy groups -OCH3 is 1. The van der Waals surface area contributed by atoms with Crippen LogP contribution in [0.15, 0.2) is 66.7 Å². The van der Waals surface area contributed by atoms with Crippen molar-refractivity contribution in [1.29, 1.82) is 5.26 Å². The molecule has 3 aromatic rings. The fourth-order valence-corrected chi connectivity index (χ4v) is 2.93. The van der Waals surface area contributed by atoms with Gasteiger partial charge in [-0.3, -0.25) is 4.79 Å². The highest BCUT2D eigenvalue weighted by molar-refractivity contribution is 6.00. The second-order valence-electron chi connectivity index (χ2n) is 6.08. The van der Waals surface area contributed by atoms with Gasteiger partial charge in [-0.25, -0.2) is 4.79 Å². The second kappa shape index (κ2) is 8.15. The number of hydrogen-bond acceptors (Lipinski definition) is 4. The Hall–Kier alpha value is -3.65. The van der Waals surface area contributed by atoms with Gasteiger partial charge in [-0.1, -0.05) is 48.5 Å².